The average Bonchev–Trinajstić information content (AvgIpc) is 3.07. The van der Waals surface area contributed by atoms with Gasteiger partial charge in [-0.1, -0.05) is 16.8 Å². The summed E-state index contributed by atoms with van der Waals surface area (Å²) >= 11 is 6.13. The van der Waals surface area contributed by atoms with Gasteiger partial charge in [-0.3, -0.25) is 5.84 Å². The molecule has 1 aromatic rings. The van der Waals surface area contributed by atoms with Crippen LogP contribution in [0.1, 0.15) is 24.8 Å². The number of methoxy groups -OCH3 is 1. The van der Waals surface area contributed by atoms with Gasteiger partial charge in [-0.15, -0.1) is 0 Å². The number of nitrogens with one attached hydrogen (secondary N) is 1. The zero-order chi connectivity index (χ0) is 15.9. The van der Waals surface area contributed by atoms with Crippen molar-refractivity contribution in [3.05, 3.63) is 28.5 Å². The number of esters is 1. The van der Waals surface area contributed by atoms with E-state index in [1.54, 1.807) is 0 Å². The molecule has 1 fully saturated rings. The van der Waals surface area contributed by atoms with Gasteiger partial charge in [0.05, 0.1) is 29.4 Å². The van der Waals surface area contributed by atoms with Gasteiger partial charge in [-0.25, -0.2) is 9.18 Å². The normalized spacial score (nSPS) is 26.2. The molecule has 0 saturated heterocycles. The van der Waals surface area contributed by atoms with Crippen molar-refractivity contribution in [1.82, 2.24) is 0 Å². The van der Waals surface area contributed by atoms with Crippen molar-refractivity contribution in [3.63, 3.8) is 0 Å². The number of anilines is 1. The fraction of sp³-hybridized carbons (Fsp3) is 0.429. The number of hydrazine groups is 1. The Morgan fingerprint density at radius 3 is 3.09 bits per heavy atom. The molecule has 1 saturated carbocycles. The number of nitrogens with zero attached hydrogens (tertiary/aromatic N) is 1. The number of fused-ring (bicyclic) bond motifs is 1. The maximum absolute atomic E-state index is 13.7. The van der Waals surface area contributed by atoms with Crippen LogP contribution in [0.2, 0.25) is 5.02 Å². The molecule has 1 aliphatic carbocycles. The fourth-order valence-corrected chi connectivity index (χ4v) is 3.43. The highest BCUT2D eigenvalue weighted by atomic mass is 35.5. The summed E-state index contributed by atoms with van der Waals surface area (Å²) in [5, 5.41) is 4.22. The molecule has 8 heteroatoms. The Kier molecular flexibility index (Phi) is 3.70. The molecule has 1 aromatic carbocycles. The molecule has 3 rings (SSSR count). The highest BCUT2D eigenvalue weighted by molar-refractivity contribution is 6.34. The van der Waals surface area contributed by atoms with Crippen LogP contribution in [-0.2, 0) is 14.4 Å². The molecule has 0 radical (unpaired) electrons. The van der Waals surface area contributed by atoms with E-state index >= 15 is 0 Å². The van der Waals surface area contributed by atoms with Crippen LogP contribution in [-0.4, -0.2) is 24.4 Å². The van der Waals surface area contributed by atoms with Crippen LogP contribution in [0.4, 0.5) is 10.1 Å². The second-order valence-electron chi connectivity index (χ2n) is 5.35. The minimum Gasteiger partial charge on any atom is -0.466 e. The lowest BCUT2D eigenvalue weighted by Crippen LogP contribution is -2.43. The summed E-state index contributed by atoms with van der Waals surface area (Å²) in [5.74, 6) is 4.00. The number of oxime groups is 1. The van der Waals surface area contributed by atoms with Gasteiger partial charge in [0.1, 0.15) is 5.82 Å². The maximum Gasteiger partial charge on any atom is 0.353 e. The second-order valence-corrected chi connectivity index (χ2v) is 5.76. The predicted molar refractivity (Wildman–Crippen MR) is 78.9 cm³/mol. The number of nitrogens with two attached hydrogens (primary N) is 1. The van der Waals surface area contributed by atoms with E-state index in [9.17, 15) is 9.18 Å². The number of ether oxygens (including phenoxy) is 1. The number of hydrogen-bond donors (Lipinski definition) is 2. The third kappa shape index (κ3) is 2.04. The molecular weight excluding hydrogens is 313 g/mol. The first-order valence-electron chi connectivity index (χ1n) is 6.84. The van der Waals surface area contributed by atoms with Crippen LogP contribution in [0.15, 0.2) is 17.3 Å². The van der Waals surface area contributed by atoms with E-state index < -0.39 is 17.4 Å². The van der Waals surface area contributed by atoms with E-state index in [1.165, 1.54) is 13.2 Å². The van der Waals surface area contributed by atoms with Crippen molar-refractivity contribution in [2.24, 2.45) is 16.9 Å². The molecule has 1 heterocycles. The first-order chi connectivity index (χ1) is 10.5. The highest BCUT2D eigenvalue weighted by Gasteiger charge is 2.59. The Balaban J connectivity index is 2.02. The summed E-state index contributed by atoms with van der Waals surface area (Å²) in [5.41, 5.74) is 2.27. The molecule has 2 aliphatic rings. The number of hydrogen-bond acceptors (Lipinski definition) is 6. The van der Waals surface area contributed by atoms with E-state index in [2.05, 4.69) is 10.6 Å². The quantitative estimate of drug-likeness (QED) is 0.505. The molecule has 1 aliphatic heterocycles. The smallest absolute Gasteiger partial charge is 0.353 e. The summed E-state index contributed by atoms with van der Waals surface area (Å²) in [7, 11) is 1.31. The van der Waals surface area contributed by atoms with Gasteiger partial charge >= 0.3 is 5.97 Å². The summed E-state index contributed by atoms with van der Waals surface area (Å²) in [4.78, 5) is 17.6. The Morgan fingerprint density at radius 2 is 2.41 bits per heavy atom. The molecule has 0 bridgehead atoms. The van der Waals surface area contributed by atoms with Crippen molar-refractivity contribution in [3.8, 4) is 0 Å². The standard InChI is InChI=1S/C14H15ClFN3O3/c1-21-13(20)14-4-2-3-8(14)12(19-22-14)7-5-11(18-17)10(16)6-9(7)15/h5-6,8,18H,2-4,17H2,1H3. The third-order valence-electron chi connectivity index (χ3n) is 4.26. The molecule has 22 heavy (non-hydrogen) atoms. The van der Waals surface area contributed by atoms with Gasteiger partial charge < -0.3 is 15.0 Å². The molecule has 0 amide bonds. The molecule has 2 atom stereocenters. The van der Waals surface area contributed by atoms with Crippen LogP contribution >= 0.6 is 11.6 Å². The Morgan fingerprint density at radius 1 is 1.64 bits per heavy atom. The lowest BCUT2D eigenvalue weighted by Gasteiger charge is -2.23. The third-order valence-corrected chi connectivity index (χ3v) is 4.57. The van der Waals surface area contributed by atoms with Gasteiger partial charge in [-0.2, -0.15) is 0 Å². The molecule has 2 unspecified atom stereocenters. The van der Waals surface area contributed by atoms with Gasteiger partial charge in [0, 0.05) is 12.0 Å². The van der Waals surface area contributed by atoms with Crippen LogP contribution in [0.5, 0.6) is 0 Å². The van der Waals surface area contributed by atoms with Crippen molar-refractivity contribution < 1.29 is 18.8 Å². The van der Waals surface area contributed by atoms with E-state index in [0.717, 1.165) is 12.5 Å². The zero-order valence-corrected chi connectivity index (χ0v) is 12.6. The molecule has 118 valence electrons. The fourth-order valence-electron chi connectivity index (χ4n) is 3.18. The number of benzene rings is 1. The summed E-state index contributed by atoms with van der Waals surface area (Å²) in [6.45, 7) is 0. The molecular formula is C14H15ClFN3O3. The average molecular weight is 328 g/mol. The topological polar surface area (TPSA) is 85.9 Å². The van der Waals surface area contributed by atoms with Crippen LogP contribution < -0.4 is 11.3 Å². The van der Waals surface area contributed by atoms with Crippen molar-refractivity contribution in [1.29, 1.82) is 0 Å². The minimum atomic E-state index is -1.10. The van der Waals surface area contributed by atoms with Crippen molar-refractivity contribution in [2.45, 2.75) is 24.9 Å². The number of rotatable bonds is 3. The lowest BCUT2D eigenvalue weighted by atomic mass is 9.84. The van der Waals surface area contributed by atoms with E-state index in [4.69, 9.17) is 27.0 Å². The minimum absolute atomic E-state index is 0.0932. The second kappa shape index (κ2) is 5.40. The lowest BCUT2D eigenvalue weighted by molar-refractivity contribution is -0.168. The first kappa shape index (κ1) is 15.1. The molecule has 0 aromatic heterocycles. The number of halogens is 2. The number of nitrogen functional groups attached to an aromatic ring is 1. The van der Waals surface area contributed by atoms with Crippen LogP contribution in [0.25, 0.3) is 0 Å². The number of carbonyl (C=O) groups excluding carboxylic acids is 1. The van der Waals surface area contributed by atoms with Gasteiger partial charge in [0.15, 0.2) is 0 Å². The molecule has 0 spiro atoms. The Bertz CT molecular complexity index is 667. The van der Waals surface area contributed by atoms with Gasteiger partial charge in [0.2, 0.25) is 5.60 Å². The van der Waals surface area contributed by atoms with Crippen LogP contribution in [0, 0.1) is 11.7 Å². The first-order valence-corrected chi connectivity index (χ1v) is 7.22. The van der Waals surface area contributed by atoms with Gasteiger partial charge in [0.25, 0.3) is 0 Å². The van der Waals surface area contributed by atoms with E-state index in [-0.39, 0.29) is 16.6 Å². The monoisotopic (exact) mass is 327 g/mol. The van der Waals surface area contributed by atoms with Crippen LogP contribution in [0.3, 0.4) is 0 Å². The van der Waals surface area contributed by atoms with E-state index in [0.29, 0.717) is 24.1 Å². The SMILES string of the molecule is COC(=O)C12CCCC1C(c1cc(NN)c(F)cc1Cl)=NO2. The molecule has 3 N–H and O–H groups in total. The zero-order valence-electron chi connectivity index (χ0n) is 11.9. The van der Waals surface area contributed by atoms with E-state index in [1.807, 2.05) is 0 Å². The largest absolute Gasteiger partial charge is 0.466 e. The molecule has 6 nitrogen and oxygen atoms in total. The summed E-state index contributed by atoms with van der Waals surface area (Å²) < 4.78 is 18.5. The van der Waals surface area contributed by atoms with Crippen molar-refractivity contribution >= 4 is 29.0 Å². The Hall–Kier alpha value is -1.86. The number of carbonyl (C=O) groups is 1. The Labute approximate surface area is 131 Å². The summed E-state index contributed by atoms with van der Waals surface area (Å²) in [6, 6.07) is 2.62. The maximum atomic E-state index is 13.7. The van der Waals surface area contributed by atoms with Gasteiger partial charge in [-0.05, 0) is 25.0 Å². The summed E-state index contributed by atoms with van der Waals surface area (Å²) in [6.07, 6.45) is 2.05. The van der Waals surface area contributed by atoms with Crippen molar-refractivity contribution in [2.75, 3.05) is 12.5 Å². The highest BCUT2D eigenvalue weighted by Crippen LogP contribution is 2.47. The predicted octanol–water partition coefficient (Wildman–Crippen LogP) is 2.21.